The molecular weight excluding hydrogens is 336 g/mol. The number of rotatable bonds is 3. The molecule has 2 aliphatic rings. The minimum Gasteiger partial charge on any atom is -0.450 e. The Morgan fingerprint density at radius 3 is 2.58 bits per heavy atom. The number of nitrogens with zero attached hydrogens (tertiary/aromatic N) is 4. The molecular formula is C18H14N4O4. The lowest BCUT2D eigenvalue weighted by Gasteiger charge is -2.22. The molecule has 0 bridgehead atoms. The monoisotopic (exact) mass is 350 g/mol. The Balaban J connectivity index is 1.37. The first kappa shape index (κ1) is 14.8. The first-order valence-electron chi connectivity index (χ1n) is 8.17. The van der Waals surface area contributed by atoms with E-state index < -0.39 is 6.09 Å². The second kappa shape index (κ2) is 5.76. The molecule has 1 amide bonds. The fraction of sp³-hybridized carbons (Fsp3) is 0.167. The highest BCUT2D eigenvalue weighted by Crippen LogP contribution is 2.46. The van der Waals surface area contributed by atoms with Crippen LogP contribution in [0.4, 0.5) is 10.5 Å². The van der Waals surface area contributed by atoms with Crippen LogP contribution < -0.4 is 14.4 Å². The highest BCUT2D eigenvalue weighted by molar-refractivity contribution is 5.90. The molecule has 3 heterocycles. The van der Waals surface area contributed by atoms with Gasteiger partial charge in [-0.25, -0.2) is 9.48 Å². The summed E-state index contributed by atoms with van der Waals surface area (Å²) >= 11 is 0. The highest BCUT2D eigenvalue weighted by Gasteiger charge is 2.33. The summed E-state index contributed by atoms with van der Waals surface area (Å²) in [5.74, 6) is 2.49. The number of carbonyl (C=O) groups is 1. The van der Waals surface area contributed by atoms with E-state index in [2.05, 4.69) is 10.3 Å². The van der Waals surface area contributed by atoms with Crippen LogP contribution in [0, 0.1) is 0 Å². The SMILES string of the molecule is O=C1O[C@@H](Cn2ccnn2)CN1c1ccc2c(c1)Oc1ccccc1O2. The summed E-state index contributed by atoms with van der Waals surface area (Å²) in [4.78, 5) is 13.8. The molecule has 3 aromatic rings. The summed E-state index contributed by atoms with van der Waals surface area (Å²) in [6.07, 6.45) is 2.64. The number of hydrogen-bond acceptors (Lipinski definition) is 6. The van der Waals surface area contributed by atoms with Crippen molar-refractivity contribution in [3.8, 4) is 23.0 Å². The molecule has 8 nitrogen and oxygen atoms in total. The first-order valence-corrected chi connectivity index (χ1v) is 8.17. The van der Waals surface area contributed by atoms with Gasteiger partial charge in [0, 0.05) is 12.3 Å². The number of aromatic nitrogens is 3. The number of para-hydroxylation sites is 2. The summed E-state index contributed by atoms with van der Waals surface area (Å²) in [7, 11) is 0. The summed E-state index contributed by atoms with van der Waals surface area (Å²) in [6, 6.07) is 12.8. The van der Waals surface area contributed by atoms with Crippen LogP contribution in [0.5, 0.6) is 23.0 Å². The van der Waals surface area contributed by atoms with Crippen LogP contribution >= 0.6 is 0 Å². The average Bonchev–Trinajstić information content (AvgIpc) is 3.29. The van der Waals surface area contributed by atoms with E-state index >= 15 is 0 Å². The fourth-order valence-electron chi connectivity index (χ4n) is 3.05. The lowest BCUT2D eigenvalue weighted by molar-refractivity contribution is 0.129. The van der Waals surface area contributed by atoms with Gasteiger partial charge in [0.1, 0.15) is 6.10 Å². The zero-order valence-corrected chi connectivity index (χ0v) is 13.6. The Morgan fingerprint density at radius 1 is 1.04 bits per heavy atom. The average molecular weight is 350 g/mol. The van der Waals surface area contributed by atoms with Gasteiger partial charge in [-0.3, -0.25) is 4.90 Å². The van der Waals surface area contributed by atoms with Gasteiger partial charge in [-0.2, -0.15) is 0 Å². The van der Waals surface area contributed by atoms with Gasteiger partial charge >= 0.3 is 6.09 Å². The van der Waals surface area contributed by atoms with Crippen molar-refractivity contribution in [2.24, 2.45) is 0 Å². The quantitative estimate of drug-likeness (QED) is 0.565. The van der Waals surface area contributed by atoms with Gasteiger partial charge in [0.15, 0.2) is 23.0 Å². The van der Waals surface area contributed by atoms with Crippen LogP contribution in [-0.4, -0.2) is 33.7 Å². The van der Waals surface area contributed by atoms with Crippen molar-refractivity contribution in [1.82, 2.24) is 15.0 Å². The zero-order valence-electron chi connectivity index (χ0n) is 13.6. The van der Waals surface area contributed by atoms with Crippen molar-refractivity contribution in [2.45, 2.75) is 12.6 Å². The number of amides is 1. The van der Waals surface area contributed by atoms with Crippen LogP contribution in [0.15, 0.2) is 54.9 Å². The third-order valence-corrected chi connectivity index (χ3v) is 4.26. The normalized spacial score (nSPS) is 17.8. The second-order valence-electron chi connectivity index (χ2n) is 6.02. The Bertz CT molecular complexity index is 973. The van der Waals surface area contributed by atoms with E-state index in [1.807, 2.05) is 30.3 Å². The van der Waals surface area contributed by atoms with Crippen molar-refractivity contribution in [1.29, 1.82) is 0 Å². The molecule has 2 aromatic carbocycles. The van der Waals surface area contributed by atoms with Gasteiger partial charge < -0.3 is 14.2 Å². The Hall–Kier alpha value is -3.55. The molecule has 5 rings (SSSR count). The van der Waals surface area contributed by atoms with Gasteiger partial charge in [-0.05, 0) is 24.3 Å². The van der Waals surface area contributed by atoms with Crippen LogP contribution in [0.1, 0.15) is 0 Å². The molecule has 0 radical (unpaired) electrons. The summed E-state index contributed by atoms with van der Waals surface area (Å²) in [5.41, 5.74) is 0.692. The van der Waals surface area contributed by atoms with Crippen LogP contribution in [0.3, 0.4) is 0 Å². The summed E-state index contributed by atoms with van der Waals surface area (Å²) in [6.45, 7) is 0.884. The maximum atomic E-state index is 12.3. The molecule has 0 saturated carbocycles. The lowest BCUT2D eigenvalue weighted by Crippen LogP contribution is -2.26. The van der Waals surface area contributed by atoms with Gasteiger partial charge in [0.25, 0.3) is 0 Å². The minimum absolute atomic E-state index is 0.293. The number of carbonyl (C=O) groups excluding carboxylic acids is 1. The molecule has 0 spiro atoms. The lowest BCUT2D eigenvalue weighted by atomic mass is 10.2. The predicted octanol–water partition coefficient (Wildman–Crippen LogP) is 3.20. The van der Waals surface area contributed by atoms with Gasteiger partial charge in [-0.15, -0.1) is 5.10 Å². The molecule has 1 saturated heterocycles. The zero-order chi connectivity index (χ0) is 17.5. The van der Waals surface area contributed by atoms with Gasteiger partial charge in [0.05, 0.1) is 25.0 Å². The first-order chi connectivity index (χ1) is 12.8. The van der Waals surface area contributed by atoms with Crippen LogP contribution in [0.25, 0.3) is 0 Å². The predicted molar refractivity (Wildman–Crippen MR) is 90.7 cm³/mol. The maximum absolute atomic E-state index is 12.3. The van der Waals surface area contributed by atoms with Crippen molar-refractivity contribution in [3.05, 3.63) is 54.9 Å². The molecule has 8 heteroatoms. The Kier molecular flexibility index (Phi) is 3.27. The van der Waals surface area contributed by atoms with E-state index in [-0.39, 0.29) is 6.10 Å². The Morgan fingerprint density at radius 2 is 1.81 bits per heavy atom. The molecule has 130 valence electrons. The number of fused-ring (bicyclic) bond motifs is 2. The molecule has 2 aliphatic heterocycles. The van der Waals surface area contributed by atoms with Gasteiger partial charge in [0.2, 0.25) is 0 Å². The topological polar surface area (TPSA) is 78.7 Å². The third kappa shape index (κ3) is 2.52. The highest BCUT2D eigenvalue weighted by atomic mass is 16.6. The molecule has 1 aromatic heterocycles. The van der Waals surface area contributed by atoms with E-state index in [9.17, 15) is 4.79 Å². The van der Waals surface area contributed by atoms with Crippen LogP contribution in [0.2, 0.25) is 0 Å². The second-order valence-corrected chi connectivity index (χ2v) is 6.02. The smallest absolute Gasteiger partial charge is 0.414 e. The number of hydrogen-bond donors (Lipinski definition) is 0. The molecule has 0 unspecified atom stereocenters. The molecule has 0 N–H and O–H groups in total. The number of cyclic esters (lactones) is 1. The van der Waals surface area contributed by atoms with E-state index in [0.29, 0.717) is 41.8 Å². The maximum Gasteiger partial charge on any atom is 0.414 e. The fourth-order valence-corrected chi connectivity index (χ4v) is 3.05. The number of benzene rings is 2. The molecule has 26 heavy (non-hydrogen) atoms. The Labute approximate surface area is 148 Å². The van der Waals surface area contributed by atoms with E-state index in [0.717, 1.165) is 0 Å². The third-order valence-electron chi connectivity index (χ3n) is 4.26. The minimum atomic E-state index is -0.396. The summed E-state index contributed by atoms with van der Waals surface area (Å²) in [5, 5.41) is 7.66. The summed E-state index contributed by atoms with van der Waals surface area (Å²) < 4.78 is 18.8. The molecule has 1 atom stereocenters. The van der Waals surface area contributed by atoms with E-state index in [1.165, 1.54) is 0 Å². The standard InChI is InChI=1S/C18H14N4O4/c23-18-22(11-13(24-18)10-21-8-7-19-20-21)12-5-6-16-17(9-12)26-15-4-2-1-3-14(15)25-16/h1-9,13H,10-11H2/t13-/m0/s1. The van der Waals surface area contributed by atoms with E-state index in [4.69, 9.17) is 14.2 Å². The van der Waals surface area contributed by atoms with Crippen molar-refractivity contribution < 1.29 is 19.0 Å². The van der Waals surface area contributed by atoms with Gasteiger partial charge in [-0.1, -0.05) is 17.3 Å². The molecule has 1 fully saturated rings. The number of anilines is 1. The molecule has 0 aliphatic carbocycles. The van der Waals surface area contributed by atoms with Crippen molar-refractivity contribution >= 4 is 11.8 Å². The van der Waals surface area contributed by atoms with E-state index in [1.54, 1.807) is 34.1 Å². The largest absolute Gasteiger partial charge is 0.450 e. The van der Waals surface area contributed by atoms with Crippen LogP contribution in [-0.2, 0) is 11.3 Å². The van der Waals surface area contributed by atoms with Crippen molar-refractivity contribution in [2.75, 3.05) is 11.4 Å². The van der Waals surface area contributed by atoms with Crippen molar-refractivity contribution in [3.63, 3.8) is 0 Å². The number of ether oxygens (including phenoxy) is 3.